The number of aromatic amines is 1. The van der Waals surface area contributed by atoms with Crippen molar-refractivity contribution in [3.05, 3.63) is 23.5 Å². The number of aromatic nitrogens is 1. The van der Waals surface area contributed by atoms with Crippen LogP contribution >= 0.6 is 0 Å². The van der Waals surface area contributed by atoms with Crippen LogP contribution in [0.25, 0.3) is 0 Å². The topological polar surface area (TPSA) is 97.2 Å². The Morgan fingerprint density at radius 2 is 2.31 bits per heavy atom. The third-order valence-corrected chi connectivity index (χ3v) is 2.03. The van der Waals surface area contributed by atoms with Crippen LogP contribution in [0.1, 0.15) is 22.5 Å². The van der Waals surface area contributed by atoms with Crippen molar-refractivity contribution in [1.29, 1.82) is 0 Å². The van der Waals surface area contributed by atoms with Crippen LogP contribution in [0, 0.1) is 0 Å². The van der Waals surface area contributed by atoms with Gasteiger partial charge in [0, 0.05) is 25.7 Å². The molecule has 0 aliphatic carbocycles. The molecule has 0 unspecified atom stereocenters. The minimum absolute atomic E-state index is 0.300. The third kappa shape index (κ3) is 3.74. The maximum atomic E-state index is 11.1. The van der Waals surface area contributed by atoms with E-state index >= 15 is 0 Å². The lowest BCUT2D eigenvalue weighted by molar-refractivity contribution is -0.117. The average molecular weight is 225 g/mol. The molecule has 1 amide bonds. The smallest absolute Gasteiger partial charge is 0.354 e. The van der Waals surface area contributed by atoms with Gasteiger partial charge in [-0.15, -0.1) is 0 Å². The first-order chi connectivity index (χ1) is 7.63. The van der Waals surface area contributed by atoms with E-state index in [1.165, 1.54) is 7.11 Å². The molecule has 0 spiro atoms. The van der Waals surface area contributed by atoms with E-state index in [0.717, 1.165) is 5.56 Å². The largest absolute Gasteiger partial charge is 0.464 e. The van der Waals surface area contributed by atoms with Crippen LogP contribution in [-0.4, -0.2) is 30.5 Å². The van der Waals surface area contributed by atoms with Crippen molar-refractivity contribution in [2.45, 2.75) is 13.0 Å². The number of carbonyl (C=O) groups is 2. The molecule has 6 heteroatoms. The number of ether oxygens (including phenoxy) is 1. The van der Waals surface area contributed by atoms with Crippen LogP contribution in [0.3, 0.4) is 0 Å². The highest BCUT2D eigenvalue weighted by Gasteiger charge is 2.07. The van der Waals surface area contributed by atoms with Gasteiger partial charge in [0.1, 0.15) is 5.69 Å². The molecule has 0 fully saturated rings. The summed E-state index contributed by atoms with van der Waals surface area (Å²) in [5.74, 6) is -0.736. The maximum Gasteiger partial charge on any atom is 0.354 e. The minimum Gasteiger partial charge on any atom is -0.464 e. The Labute approximate surface area is 93.2 Å². The Hall–Kier alpha value is -1.82. The lowest BCUT2D eigenvalue weighted by atomic mass is 10.3. The molecule has 0 aliphatic rings. The Kier molecular flexibility index (Phi) is 4.53. The fraction of sp³-hybridized carbons (Fsp3) is 0.400. The van der Waals surface area contributed by atoms with Gasteiger partial charge in [0.15, 0.2) is 0 Å². The molecular formula is C10H15N3O3. The molecule has 0 saturated carbocycles. The number of hydrogen-bond donors (Lipinski definition) is 3. The monoisotopic (exact) mass is 225 g/mol. The maximum absolute atomic E-state index is 11.1. The van der Waals surface area contributed by atoms with Crippen molar-refractivity contribution < 1.29 is 14.3 Å². The zero-order valence-corrected chi connectivity index (χ0v) is 9.08. The van der Waals surface area contributed by atoms with Gasteiger partial charge >= 0.3 is 5.97 Å². The summed E-state index contributed by atoms with van der Waals surface area (Å²) >= 11 is 0. The molecule has 0 atom stereocenters. The fourth-order valence-electron chi connectivity index (χ4n) is 1.21. The van der Waals surface area contributed by atoms with Crippen LogP contribution in [0.15, 0.2) is 12.3 Å². The van der Waals surface area contributed by atoms with E-state index in [0.29, 0.717) is 25.2 Å². The second kappa shape index (κ2) is 5.92. The van der Waals surface area contributed by atoms with Crippen LogP contribution in [0.5, 0.6) is 0 Å². The second-order valence-electron chi connectivity index (χ2n) is 3.31. The number of nitrogens with two attached hydrogens (primary N) is 1. The molecule has 0 radical (unpaired) electrons. The van der Waals surface area contributed by atoms with Gasteiger partial charge in [0.25, 0.3) is 0 Å². The zero-order chi connectivity index (χ0) is 12.0. The summed E-state index contributed by atoms with van der Waals surface area (Å²) in [6.45, 7) is 1.09. The number of methoxy groups -OCH3 is 1. The standard InChI is InChI=1S/C10H15N3O3/c1-16-10(15)8-4-7(6-13-8)5-12-3-2-9(11)14/h4,6,12-13H,2-3,5H2,1H3,(H2,11,14). The van der Waals surface area contributed by atoms with Crippen molar-refractivity contribution in [2.75, 3.05) is 13.7 Å². The molecule has 0 bridgehead atoms. The van der Waals surface area contributed by atoms with Gasteiger partial charge in [0.05, 0.1) is 7.11 Å². The number of H-pyrrole nitrogens is 1. The normalized spacial score (nSPS) is 10.1. The van der Waals surface area contributed by atoms with E-state index in [2.05, 4.69) is 15.0 Å². The summed E-state index contributed by atoms with van der Waals surface area (Å²) in [6, 6.07) is 1.70. The van der Waals surface area contributed by atoms with Gasteiger partial charge in [-0.2, -0.15) is 0 Å². The Bertz CT molecular complexity index is 373. The average Bonchev–Trinajstić information content (AvgIpc) is 2.71. The number of rotatable bonds is 6. The quantitative estimate of drug-likeness (QED) is 0.460. The van der Waals surface area contributed by atoms with E-state index in [-0.39, 0.29) is 5.91 Å². The molecule has 1 aromatic rings. The first-order valence-corrected chi connectivity index (χ1v) is 4.88. The van der Waals surface area contributed by atoms with Gasteiger partial charge in [-0.3, -0.25) is 4.79 Å². The van der Waals surface area contributed by atoms with E-state index in [1.54, 1.807) is 12.3 Å². The molecule has 88 valence electrons. The van der Waals surface area contributed by atoms with Crippen molar-refractivity contribution in [2.24, 2.45) is 5.73 Å². The summed E-state index contributed by atoms with van der Waals surface area (Å²) in [7, 11) is 1.33. The number of hydrogen-bond acceptors (Lipinski definition) is 4. The zero-order valence-electron chi connectivity index (χ0n) is 9.08. The summed E-state index contributed by atoms with van der Waals surface area (Å²) < 4.78 is 4.55. The van der Waals surface area contributed by atoms with Crippen LogP contribution in [-0.2, 0) is 16.1 Å². The second-order valence-corrected chi connectivity index (χ2v) is 3.31. The molecule has 1 aromatic heterocycles. The van der Waals surface area contributed by atoms with Crippen molar-refractivity contribution in [3.8, 4) is 0 Å². The molecule has 1 rings (SSSR count). The first kappa shape index (κ1) is 12.3. The number of amides is 1. The van der Waals surface area contributed by atoms with E-state index in [4.69, 9.17) is 5.73 Å². The predicted octanol–water partition coefficient (Wildman–Crippen LogP) is -0.234. The highest BCUT2D eigenvalue weighted by atomic mass is 16.5. The van der Waals surface area contributed by atoms with Gasteiger partial charge in [-0.1, -0.05) is 0 Å². The van der Waals surface area contributed by atoms with Crippen molar-refractivity contribution in [3.63, 3.8) is 0 Å². The van der Waals surface area contributed by atoms with Crippen molar-refractivity contribution in [1.82, 2.24) is 10.3 Å². The SMILES string of the molecule is COC(=O)c1cc(CNCCC(N)=O)c[nH]1. The summed E-state index contributed by atoms with van der Waals surface area (Å²) in [4.78, 5) is 24.4. The van der Waals surface area contributed by atoms with Gasteiger partial charge in [0.2, 0.25) is 5.91 Å². The molecule has 4 N–H and O–H groups in total. The Morgan fingerprint density at radius 1 is 1.56 bits per heavy atom. The highest BCUT2D eigenvalue weighted by molar-refractivity contribution is 5.87. The molecular weight excluding hydrogens is 210 g/mol. The number of esters is 1. The third-order valence-electron chi connectivity index (χ3n) is 2.03. The molecule has 16 heavy (non-hydrogen) atoms. The van der Waals surface area contributed by atoms with E-state index in [1.807, 2.05) is 0 Å². The predicted molar refractivity (Wildman–Crippen MR) is 57.7 cm³/mol. The van der Waals surface area contributed by atoms with Crippen LogP contribution in [0.4, 0.5) is 0 Å². The molecule has 1 heterocycles. The molecule has 0 saturated heterocycles. The Morgan fingerprint density at radius 3 is 2.94 bits per heavy atom. The molecule has 6 nitrogen and oxygen atoms in total. The summed E-state index contributed by atoms with van der Waals surface area (Å²) in [6.07, 6.45) is 2.01. The Balaban J connectivity index is 2.35. The van der Waals surface area contributed by atoms with Gasteiger partial charge < -0.3 is 20.8 Å². The van der Waals surface area contributed by atoms with Gasteiger partial charge in [-0.05, 0) is 11.6 Å². The van der Waals surface area contributed by atoms with Gasteiger partial charge in [-0.25, -0.2) is 4.79 Å². The van der Waals surface area contributed by atoms with Crippen LogP contribution < -0.4 is 11.1 Å². The lowest BCUT2D eigenvalue weighted by Gasteiger charge is -1.99. The summed E-state index contributed by atoms with van der Waals surface area (Å²) in [5.41, 5.74) is 6.32. The van der Waals surface area contributed by atoms with E-state index in [9.17, 15) is 9.59 Å². The molecule has 0 aromatic carbocycles. The minimum atomic E-state index is -0.400. The van der Waals surface area contributed by atoms with Crippen molar-refractivity contribution >= 4 is 11.9 Å². The molecule has 0 aliphatic heterocycles. The number of nitrogens with one attached hydrogen (secondary N) is 2. The summed E-state index contributed by atoms with van der Waals surface area (Å²) in [5, 5.41) is 3.03. The van der Waals surface area contributed by atoms with E-state index < -0.39 is 5.97 Å². The number of carbonyl (C=O) groups excluding carboxylic acids is 2. The number of primary amides is 1. The van der Waals surface area contributed by atoms with Crippen LogP contribution in [0.2, 0.25) is 0 Å². The fourth-order valence-corrected chi connectivity index (χ4v) is 1.21. The highest BCUT2D eigenvalue weighted by Crippen LogP contribution is 2.04. The first-order valence-electron chi connectivity index (χ1n) is 4.88. The lowest BCUT2D eigenvalue weighted by Crippen LogP contribution is -2.21.